The van der Waals surface area contributed by atoms with Crippen LogP contribution in [0, 0.1) is 17.3 Å². The van der Waals surface area contributed by atoms with Crippen LogP contribution < -0.4 is 5.32 Å². The molecule has 1 aromatic rings. The monoisotopic (exact) mass is 556 g/mol. The number of amides is 1. The fourth-order valence-corrected chi connectivity index (χ4v) is 7.25. The largest absolute Gasteiger partial charge is 0.499 e. The Morgan fingerprint density at radius 1 is 1.10 bits per heavy atom. The lowest BCUT2D eigenvalue weighted by Crippen LogP contribution is -2.69. The van der Waals surface area contributed by atoms with Crippen LogP contribution in [0.2, 0.25) is 0 Å². The fourth-order valence-electron chi connectivity index (χ4n) is 7.25. The van der Waals surface area contributed by atoms with E-state index in [0.29, 0.717) is 11.8 Å². The van der Waals surface area contributed by atoms with Crippen molar-refractivity contribution >= 4 is 18.0 Å². The molecular formula is C29H36N2O9. The van der Waals surface area contributed by atoms with Gasteiger partial charge in [0.25, 0.3) is 0 Å². The van der Waals surface area contributed by atoms with Crippen molar-refractivity contribution in [2.75, 3.05) is 26.4 Å². The molecule has 3 aliphatic carbocycles. The van der Waals surface area contributed by atoms with E-state index < -0.39 is 47.6 Å². The van der Waals surface area contributed by atoms with Gasteiger partial charge in [-0.15, -0.1) is 0 Å². The number of nitrogens with one attached hydrogen (secondary N) is 1. The molecule has 6 atom stereocenters. The number of nitrogens with zero attached hydrogens (tertiary/aromatic N) is 1. The van der Waals surface area contributed by atoms with Crippen molar-refractivity contribution in [3.63, 3.8) is 0 Å². The van der Waals surface area contributed by atoms with Crippen molar-refractivity contribution in [3.8, 4) is 0 Å². The molecule has 3 N–H and O–H groups in total. The number of hydrogen-bond acceptors (Lipinski definition) is 10. The lowest BCUT2D eigenvalue weighted by Gasteiger charge is -2.48. The molecule has 7 rings (SSSR count). The summed E-state index contributed by atoms with van der Waals surface area (Å²) in [5.41, 5.74) is 0.452. The predicted molar refractivity (Wildman–Crippen MR) is 138 cm³/mol. The third kappa shape index (κ3) is 4.09. The van der Waals surface area contributed by atoms with Crippen molar-refractivity contribution < 1.29 is 43.6 Å². The van der Waals surface area contributed by atoms with E-state index in [2.05, 4.69) is 5.32 Å². The highest BCUT2D eigenvalue weighted by molar-refractivity contribution is 5.93. The van der Waals surface area contributed by atoms with Gasteiger partial charge < -0.3 is 34.5 Å². The molecule has 216 valence electrons. The molecule has 3 aliphatic heterocycles. The van der Waals surface area contributed by atoms with Gasteiger partial charge in [0, 0.05) is 24.8 Å². The van der Waals surface area contributed by atoms with Crippen LogP contribution in [0.5, 0.6) is 0 Å². The molecule has 11 nitrogen and oxygen atoms in total. The van der Waals surface area contributed by atoms with Crippen LogP contribution in [0.4, 0.5) is 0 Å². The number of esters is 1. The van der Waals surface area contributed by atoms with E-state index in [-0.39, 0.29) is 45.2 Å². The number of ether oxygens (including phenoxy) is 4. The third-order valence-electron chi connectivity index (χ3n) is 9.24. The first kappa shape index (κ1) is 26.4. The lowest BCUT2D eigenvalue weighted by atomic mass is 9.62. The summed E-state index contributed by atoms with van der Waals surface area (Å²) in [6, 6.07) is 6.64. The Bertz CT molecular complexity index is 1170. The minimum atomic E-state index is -1.25. The Kier molecular flexibility index (Phi) is 6.64. The number of benzene rings is 1. The van der Waals surface area contributed by atoms with Gasteiger partial charge in [-0.25, -0.2) is 0 Å². The molecule has 2 bridgehead atoms. The van der Waals surface area contributed by atoms with Crippen molar-refractivity contribution in [1.82, 2.24) is 10.4 Å². The SMILES string of the molecule is O=C1OC2CC3(C(=O)NCCO)C(ON(Cc4ccccc4C=COCCO)C13)C1OC(C3CC3)(C3CC3)OC21. The number of hydroxylamine groups is 2. The Morgan fingerprint density at radius 3 is 2.58 bits per heavy atom. The van der Waals surface area contributed by atoms with E-state index in [0.717, 1.165) is 36.8 Å². The van der Waals surface area contributed by atoms with Gasteiger partial charge in [0.05, 0.1) is 26.0 Å². The average Bonchev–Trinajstić information content (AvgIpc) is 3.90. The molecular weight excluding hydrogens is 520 g/mol. The smallest absolute Gasteiger partial charge is 0.327 e. The molecule has 0 aromatic heterocycles. The molecule has 40 heavy (non-hydrogen) atoms. The van der Waals surface area contributed by atoms with Gasteiger partial charge in [-0.2, -0.15) is 5.06 Å². The minimum absolute atomic E-state index is 0.0702. The molecule has 3 saturated heterocycles. The second-order valence-corrected chi connectivity index (χ2v) is 11.7. The number of aliphatic hydroxyl groups is 2. The quantitative estimate of drug-likeness (QED) is 0.205. The summed E-state index contributed by atoms with van der Waals surface area (Å²) in [6.45, 7) is 0.165. The number of aliphatic hydroxyl groups excluding tert-OH is 2. The van der Waals surface area contributed by atoms with Gasteiger partial charge in [0.1, 0.15) is 36.4 Å². The maximum atomic E-state index is 13.9. The minimum Gasteiger partial charge on any atom is -0.499 e. The maximum absolute atomic E-state index is 13.9. The van der Waals surface area contributed by atoms with Crippen LogP contribution in [0.1, 0.15) is 43.2 Å². The van der Waals surface area contributed by atoms with Crippen LogP contribution in [-0.4, -0.2) is 89.8 Å². The molecule has 1 aromatic carbocycles. The van der Waals surface area contributed by atoms with Gasteiger partial charge in [-0.3, -0.25) is 14.4 Å². The normalized spacial score (nSPS) is 36.0. The van der Waals surface area contributed by atoms with Gasteiger partial charge in [-0.1, -0.05) is 24.3 Å². The van der Waals surface area contributed by atoms with Gasteiger partial charge in [0.15, 0.2) is 11.8 Å². The average molecular weight is 557 g/mol. The summed E-state index contributed by atoms with van der Waals surface area (Å²) < 4.78 is 24.9. The van der Waals surface area contributed by atoms with E-state index >= 15 is 0 Å². The molecule has 3 saturated carbocycles. The summed E-state index contributed by atoms with van der Waals surface area (Å²) in [4.78, 5) is 34.2. The molecule has 1 amide bonds. The van der Waals surface area contributed by atoms with Crippen LogP contribution in [0.15, 0.2) is 30.5 Å². The van der Waals surface area contributed by atoms with E-state index in [1.54, 1.807) is 11.1 Å². The molecule has 0 radical (unpaired) electrons. The standard InChI is InChI=1S/C29H36N2O9/c32-11-10-30-27(35)28-15-21-22-23(39-29(38-22,19-5-6-19)20-7-8-20)25(28)40-31(24(28)26(34)37-21)16-18-4-2-1-3-17(18)9-13-36-14-12-33/h1-4,9,13,19-25,32-33H,5-8,10-12,14-16H2,(H,30,35). The van der Waals surface area contributed by atoms with Crippen molar-refractivity contribution in [3.05, 3.63) is 41.7 Å². The highest BCUT2D eigenvalue weighted by Crippen LogP contribution is 2.63. The third-order valence-corrected chi connectivity index (χ3v) is 9.24. The summed E-state index contributed by atoms with van der Waals surface area (Å²) in [5.74, 6) is -0.959. The number of rotatable bonds is 11. The summed E-state index contributed by atoms with van der Waals surface area (Å²) in [6.07, 6.45) is 5.27. The summed E-state index contributed by atoms with van der Waals surface area (Å²) >= 11 is 0. The topological polar surface area (TPSA) is 136 Å². The Hall–Kier alpha value is -2.54. The van der Waals surface area contributed by atoms with E-state index in [4.69, 9.17) is 28.9 Å². The highest BCUT2D eigenvalue weighted by atomic mass is 16.8. The zero-order valence-corrected chi connectivity index (χ0v) is 22.3. The second-order valence-electron chi connectivity index (χ2n) is 11.7. The Balaban J connectivity index is 1.24. The predicted octanol–water partition coefficient (Wildman–Crippen LogP) is 0.875. The van der Waals surface area contributed by atoms with Crippen molar-refractivity contribution in [1.29, 1.82) is 0 Å². The molecule has 6 aliphatic rings. The number of carbonyl (C=O) groups is 2. The zero-order chi connectivity index (χ0) is 27.5. The molecule has 6 fully saturated rings. The van der Waals surface area contributed by atoms with Crippen LogP contribution >= 0.6 is 0 Å². The summed E-state index contributed by atoms with van der Waals surface area (Å²) in [7, 11) is 0. The molecule has 3 heterocycles. The first-order valence-corrected chi connectivity index (χ1v) is 14.4. The van der Waals surface area contributed by atoms with E-state index in [1.807, 2.05) is 24.3 Å². The maximum Gasteiger partial charge on any atom is 0.327 e. The highest BCUT2D eigenvalue weighted by Gasteiger charge is 2.78. The van der Waals surface area contributed by atoms with Crippen molar-refractivity contribution in [2.45, 2.75) is 74.9 Å². The Labute approximate surface area is 232 Å². The van der Waals surface area contributed by atoms with Gasteiger partial charge in [0.2, 0.25) is 5.91 Å². The first-order valence-electron chi connectivity index (χ1n) is 14.4. The number of carbonyl (C=O) groups excluding carboxylic acids is 2. The van der Waals surface area contributed by atoms with Crippen LogP contribution in [0.3, 0.4) is 0 Å². The van der Waals surface area contributed by atoms with E-state index in [1.165, 1.54) is 6.26 Å². The number of fused-ring (bicyclic) bond motifs is 4. The van der Waals surface area contributed by atoms with Crippen molar-refractivity contribution in [2.24, 2.45) is 17.3 Å². The van der Waals surface area contributed by atoms with E-state index in [9.17, 15) is 14.7 Å². The number of hydrogen-bond donors (Lipinski definition) is 3. The lowest BCUT2D eigenvalue weighted by molar-refractivity contribution is -0.235. The fraction of sp³-hybridized carbons (Fsp3) is 0.655. The zero-order valence-electron chi connectivity index (χ0n) is 22.3. The second kappa shape index (κ2) is 10.1. The van der Waals surface area contributed by atoms with Crippen LogP contribution in [-0.2, 0) is 39.9 Å². The van der Waals surface area contributed by atoms with Crippen LogP contribution in [0.25, 0.3) is 6.08 Å². The molecule has 0 spiro atoms. The summed E-state index contributed by atoms with van der Waals surface area (Å²) in [5, 5.41) is 22.8. The first-order chi connectivity index (χ1) is 19.5. The Morgan fingerprint density at radius 2 is 1.85 bits per heavy atom. The van der Waals surface area contributed by atoms with Gasteiger partial charge >= 0.3 is 5.97 Å². The molecule has 6 unspecified atom stereocenters. The van der Waals surface area contributed by atoms with Gasteiger partial charge in [-0.05, 0) is 42.9 Å². The molecule has 11 heteroatoms.